The number of rotatable bonds is 16. The fourth-order valence-electron chi connectivity index (χ4n) is 8.00. The van der Waals surface area contributed by atoms with Crippen LogP contribution >= 0.6 is 0 Å². The molecule has 36 heteroatoms. The molecule has 446 valence electrons. The van der Waals surface area contributed by atoms with E-state index in [1.807, 2.05) is 0 Å². The molecule has 0 aliphatic carbocycles. The Morgan fingerprint density at radius 1 is 0.477 bits per heavy atom. The number of azo groups is 4. The SMILES string of the molecule is COc1cc(N=Nc2ccccc2S(=O)(=O)O)c(C)cc1N=Nc1cc(OC)c(N=Nc2cc(OC)c(N=Nc3ccc4cc(-n5nc6ccc7c(S(=O)(=O)O)cc(S(=O)(=O)O)cc7c6n5)ccc4c3O)cc2CO)cc1C.O=S(=O)=O.O=S(=O)=O. The van der Waals surface area contributed by atoms with E-state index in [4.69, 9.17) is 39.5 Å². The average molecular weight is 1280 g/mol. The van der Waals surface area contributed by atoms with Crippen molar-refractivity contribution in [2.24, 2.45) is 40.9 Å². The number of phenolic OH excluding ortho intramolecular Hbond substituents is 1. The number of benzene rings is 8. The van der Waals surface area contributed by atoms with E-state index in [1.54, 1.807) is 68.4 Å². The van der Waals surface area contributed by atoms with Crippen molar-refractivity contribution in [3.63, 3.8) is 0 Å². The van der Waals surface area contributed by atoms with Gasteiger partial charge in [0.05, 0.1) is 55.6 Å². The van der Waals surface area contributed by atoms with Gasteiger partial charge in [-0.3, -0.25) is 13.7 Å². The number of aryl methyl sites for hydroxylation is 2. The summed E-state index contributed by atoms with van der Waals surface area (Å²) in [6, 6.07) is 27.5. The summed E-state index contributed by atoms with van der Waals surface area (Å²) in [6.45, 7) is 3.04. The number of phenols is 1. The van der Waals surface area contributed by atoms with E-state index < -0.39 is 72.9 Å². The molecule has 0 saturated heterocycles. The van der Waals surface area contributed by atoms with Crippen molar-refractivity contribution < 1.29 is 88.6 Å². The number of aromatic hydroxyl groups is 1. The van der Waals surface area contributed by atoms with Crippen LogP contribution < -0.4 is 14.2 Å². The molecule has 31 nitrogen and oxygen atoms in total. The first-order valence-electron chi connectivity index (χ1n) is 23.6. The van der Waals surface area contributed by atoms with Gasteiger partial charge in [0.1, 0.15) is 66.5 Å². The maximum atomic E-state index is 12.2. The van der Waals surface area contributed by atoms with Crippen LogP contribution in [0.3, 0.4) is 0 Å². The van der Waals surface area contributed by atoms with Gasteiger partial charge in [-0.1, -0.05) is 24.3 Å². The lowest BCUT2D eigenvalue weighted by Crippen LogP contribution is -2.04. The van der Waals surface area contributed by atoms with Crippen LogP contribution in [0.15, 0.2) is 171 Å². The van der Waals surface area contributed by atoms with E-state index >= 15 is 0 Å². The number of aromatic nitrogens is 3. The van der Waals surface area contributed by atoms with Crippen LogP contribution in [0, 0.1) is 13.8 Å². The quantitative estimate of drug-likeness (QED) is 0.0443. The normalized spacial score (nSPS) is 12.0. The standard InChI is InChI=1S/C50H41N11O14S3.2O3S/c1-26-16-41(44(73-3)22-38(26)53-51-35-8-6-7-9-47(35)77(67,68)69)56-54-39-23-45(74-4)42(17-27(39)2)57-55-40-24-46(75-5)43(19-29(40)25-62)58-52-37-14-10-28-18-30(11-12-32(28)50(37)63)61-59-36-15-13-33-34(49(36)60-61)20-31(76(64,65)66)21-48(33)78(70,71)72;2*1-4(2)3/h6-24,62-63H,25H2,1-5H3,(H,64,65,66)(H,67,68,69)(H,70,71,72);;. The molecular formula is C50H41N11O20S5. The average Bonchev–Trinajstić information content (AvgIpc) is 1.89. The van der Waals surface area contributed by atoms with Gasteiger partial charge in [0.25, 0.3) is 30.4 Å². The molecule has 9 rings (SSSR count). The highest BCUT2D eigenvalue weighted by atomic mass is 32.2. The lowest BCUT2D eigenvalue weighted by Gasteiger charge is -2.10. The lowest BCUT2D eigenvalue weighted by atomic mass is 10.1. The highest BCUT2D eigenvalue weighted by Crippen LogP contribution is 2.43. The predicted octanol–water partition coefficient (Wildman–Crippen LogP) is 9.96. The minimum Gasteiger partial charge on any atom is -0.505 e. The monoisotopic (exact) mass is 1280 g/mol. The van der Waals surface area contributed by atoms with E-state index in [-0.39, 0.29) is 67.6 Å². The Kier molecular flexibility index (Phi) is 19.6. The molecule has 0 amide bonds. The van der Waals surface area contributed by atoms with Crippen molar-refractivity contribution in [3.8, 4) is 28.7 Å². The molecule has 0 aliphatic rings. The molecule has 0 spiro atoms. The Hall–Kier alpha value is -9.79. The highest BCUT2D eigenvalue weighted by molar-refractivity contribution is 7.87. The Bertz CT molecular complexity index is 4890. The second-order valence-corrected chi connectivity index (χ2v) is 22.3. The van der Waals surface area contributed by atoms with Crippen LogP contribution in [0.25, 0.3) is 38.3 Å². The summed E-state index contributed by atoms with van der Waals surface area (Å²) in [5, 5.41) is 66.0. The van der Waals surface area contributed by atoms with E-state index in [9.17, 15) is 49.1 Å². The fraction of sp³-hybridized carbons (Fsp3) is 0.120. The van der Waals surface area contributed by atoms with Gasteiger partial charge in [0.2, 0.25) is 0 Å². The summed E-state index contributed by atoms with van der Waals surface area (Å²) in [6.07, 6.45) is 0. The second kappa shape index (κ2) is 26.4. The first kappa shape index (κ1) is 63.8. The van der Waals surface area contributed by atoms with E-state index in [1.165, 1.54) is 74.7 Å². The highest BCUT2D eigenvalue weighted by Gasteiger charge is 2.24. The number of nitrogens with zero attached hydrogens (tertiary/aromatic N) is 11. The molecule has 0 aliphatic heterocycles. The zero-order valence-electron chi connectivity index (χ0n) is 44.5. The third-order valence-corrected chi connectivity index (χ3v) is 14.6. The van der Waals surface area contributed by atoms with Crippen LogP contribution in [0.2, 0.25) is 0 Å². The van der Waals surface area contributed by atoms with Crippen molar-refractivity contribution in [2.45, 2.75) is 35.1 Å². The summed E-state index contributed by atoms with van der Waals surface area (Å²) in [4.78, 5) is -0.712. The Labute approximate surface area is 488 Å². The van der Waals surface area contributed by atoms with Crippen molar-refractivity contribution in [3.05, 3.63) is 132 Å². The molecule has 0 saturated carbocycles. The van der Waals surface area contributed by atoms with Gasteiger partial charge < -0.3 is 24.4 Å². The lowest BCUT2D eigenvalue weighted by molar-refractivity contribution is 0.282. The van der Waals surface area contributed by atoms with Gasteiger partial charge in [-0.15, -0.1) is 66.1 Å². The molecule has 0 fully saturated rings. The summed E-state index contributed by atoms with van der Waals surface area (Å²) in [5.41, 5.74) is 4.08. The molecular weight excluding hydrogens is 1230 g/mol. The van der Waals surface area contributed by atoms with Gasteiger partial charge in [-0.05, 0) is 103 Å². The van der Waals surface area contributed by atoms with Gasteiger partial charge in [0.15, 0.2) is 5.75 Å². The van der Waals surface area contributed by atoms with Crippen LogP contribution in [-0.4, -0.2) is 111 Å². The number of hydrogen-bond donors (Lipinski definition) is 5. The third-order valence-electron chi connectivity index (χ3n) is 11.9. The summed E-state index contributed by atoms with van der Waals surface area (Å²) in [7, 11) is -16.3. The summed E-state index contributed by atoms with van der Waals surface area (Å²) in [5.74, 6) is 0.541. The molecule has 0 radical (unpaired) electrons. The van der Waals surface area contributed by atoms with Crippen molar-refractivity contribution in [1.82, 2.24) is 15.0 Å². The first-order valence-corrected chi connectivity index (χ1v) is 29.9. The first-order chi connectivity index (χ1) is 40.5. The molecule has 9 aromatic rings. The van der Waals surface area contributed by atoms with Crippen molar-refractivity contribution in [1.29, 1.82) is 0 Å². The third kappa shape index (κ3) is 15.1. The molecule has 8 aromatic carbocycles. The van der Waals surface area contributed by atoms with Gasteiger partial charge >= 0.3 is 21.2 Å². The maximum Gasteiger partial charge on any atom is 0.425 e. The zero-order chi connectivity index (χ0) is 63.0. The zero-order valence-corrected chi connectivity index (χ0v) is 48.6. The van der Waals surface area contributed by atoms with Crippen molar-refractivity contribution in [2.75, 3.05) is 21.3 Å². The van der Waals surface area contributed by atoms with Gasteiger partial charge in [-0.2, -0.15) is 40.3 Å². The molecule has 86 heavy (non-hydrogen) atoms. The largest absolute Gasteiger partial charge is 0.505 e. The van der Waals surface area contributed by atoms with Crippen LogP contribution in [0.1, 0.15) is 16.7 Å². The fourth-order valence-corrected chi connectivity index (χ4v) is 9.96. The number of methoxy groups -OCH3 is 3. The predicted molar refractivity (Wildman–Crippen MR) is 302 cm³/mol. The topological polar surface area (TPSA) is 463 Å². The summed E-state index contributed by atoms with van der Waals surface area (Å²) >= 11 is 0. The molecule has 1 aromatic heterocycles. The summed E-state index contributed by atoms with van der Waals surface area (Å²) < 4.78 is 169. The maximum absolute atomic E-state index is 12.2. The van der Waals surface area contributed by atoms with Crippen LogP contribution in [-0.2, 0) is 58.2 Å². The van der Waals surface area contributed by atoms with Gasteiger partial charge in [-0.25, -0.2) is 0 Å². The van der Waals surface area contributed by atoms with E-state index in [2.05, 4.69) is 51.1 Å². The number of hydrogen-bond acceptors (Lipinski definition) is 27. The van der Waals surface area contributed by atoms with Crippen LogP contribution in [0.5, 0.6) is 23.0 Å². The smallest absolute Gasteiger partial charge is 0.425 e. The minimum absolute atomic E-state index is 0.0208. The number of aliphatic hydroxyl groups is 1. The number of aliphatic hydroxyl groups excluding tert-OH is 1. The second-order valence-electron chi connectivity index (χ2n) is 17.3. The molecule has 0 unspecified atom stereocenters. The molecule has 0 atom stereocenters. The number of fused-ring (bicyclic) bond motifs is 4. The molecule has 5 N–H and O–H groups in total. The van der Waals surface area contributed by atoms with E-state index in [0.29, 0.717) is 62.0 Å². The number of ether oxygens (including phenoxy) is 3. The minimum atomic E-state index is -4.93. The molecule has 0 bridgehead atoms. The van der Waals surface area contributed by atoms with Crippen LogP contribution in [0.4, 0.5) is 45.5 Å². The van der Waals surface area contributed by atoms with Crippen molar-refractivity contribution >= 4 is 130 Å². The Morgan fingerprint density at radius 2 is 0.953 bits per heavy atom. The Morgan fingerprint density at radius 3 is 1.48 bits per heavy atom. The van der Waals surface area contributed by atoms with Gasteiger partial charge in [0, 0.05) is 39.9 Å². The van der Waals surface area contributed by atoms with E-state index in [0.717, 1.165) is 6.07 Å². The Balaban J connectivity index is 0.00000124. The molecule has 1 heterocycles.